The summed E-state index contributed by atoms with van der Waals surface area (Å²) < 4.78 is 14.2. The van der Waals surface area contributed by atoms with E-state index in [9.17, 15) is 0 Å². The molecule has 3 heterocycles. The summed E-state index contributed by atoms with van der Waals surface area (Å²) in [5.41, 5.74) is 10.1. The molecule has 0 radical (unpaired) electrons. The molecule has 5 aromatic carbocycles. The van der Waals surface area contributed by atoms with Gasteiger partial charge >= 0.3 is 0 Å². The molecule has 0 aliphatic rings. The number of pyridine rings is 1. The second-order valence-corrected chi connectivity index (χ2v) is 12.8. The van der Waals surface area contributed by atoms with Crippen molar-refractivity contribution in [2.75, 3.05) is 0 Å². The Bertz CT molecular complexity index is 2390. The summed E-state index contributed by atoms with van der Waals surface area (Å²) in [7, 11) is 0. The molecule has 0 atom stereocenters. The predicted octanol–water partition coefficient (Wildman–Crippen LogP) is 11.3. The first-order valence-electron chi connectivity index (χ1n) is 15.8. The van der Waals surface area contributed by atoms with E-state index < -0.39 is 0 Å². The van der Waals surface area contributed by atoms with E-state index in [1.807, 2.05) is 77.7 Å². The number of hydrogen-bond donors (Lipinski definition) is 0. The highest BCUT2D eigenvalue weighted by Gasteiger charge is 2.18. The van der Waals surface area contributed by atoms with E-state index >= 15 is 0 Å². The van der Waals surface area contributed by atoms with Crippen molar-refractivity contribution >= 4 is 21.9 Å². The summed E-state index contributed by atoms with van der Waals surface area (Å²) >= 11 is 0. The van der Waals surface area contributed by atoms with E-state index in [1.165, 1.54) is 5.56 Å². The Hall–Kier alpha value is -5.94. The van der Waals surface area contributed by atoms with E-state index in [1.54, 1.807) is 0 Å². The van der Waals surface area contributed by atoms with Gasteiger partial charge in [0, 0.05) is 46.4 Å². The summed E-state index contributed by atoms with van der Waals surface area (Å²) in [5, 5.41) is 7.20. The lowest BCUT2D eigenvalue weighted by molar-refractivity contribution is 0.481. The molecule has 8 rings (SSSR count). The van der Waals surface area contributed by atoms with Gasteiger partial charge in [-0.1, -0.05) is 93.6 Å². The first-order chi connectivity index (χ1) is 22.9. The van der Waals surface area contributed by atoms with Crippen LogP contribution in [-0.4, -0.2) is 14.8 Å². The van der Waals surface area contributed by atoms with Crippen LogP contribution < -0.4 is 4.74 Å². The fraction of sp³-hybridized carbons (Fsp3) is 0.0952. The molecule has 3 aromatic heterocycles. The number of benzene rings is 5. The summed E-state index contributed by atoms with van der Waals surface area (Å²) in [4.78, 5) is 4.78. The smallest absolute Gasteiger partial charge is 0.139 e. The van der Waals surface area contributed by atoms with Crippen LogP contribution in [0.4, 0.5) is 0 Å². The van der Waals surface area contributed by atoms with E-state index in [-0.39, 0.29) is 5.41 Å². The SMILES string of the molecule is CC(C)(C)c1ccnc(-c2ccccc2-c2ccccc2-c2ccn(-c3cccc(Oc4ccc5c(c4)oc4ccccc45)c3)n2)c1. The molecular weight excluding hydrogens is 578 g/mol. The maximum absolute atomic E-state index is 6.29. The summed E-state index contributed by atoms with van der Waals surface area (Å²) in [5.74, 6) is 1.43. The Morgan fingerprint density at radius 2 is 1.26 bits per heavy atom. The highest BCUT2D eigenvalue weighted by atomic mass is 16.5. The van der Waals surface area contributed by atoms with Crippen molar-refractivity contribution in [2.24, 2.45) is 0 Å². The van der Waals surface area contributed by atoms with Crippen LogP contribution in [0.3, 0.4) is 0 Å². The molecule has 5 heteroatoms. The average molecular weight is 612 g/mol. The average Bonchev–Trinajstić information content (AvgIpc) is 3.73. The number of ether oxygens (including phenoxy) is 1. The van der Waals surface area contributed by atoms with Crippen molar-refractivity contribution in [3.05, 3.63) is 151 Å². The Morgan fingerprint density at radius 1 is 0.574 bits per heavy atom. The largest absolute Gasteiger partial charge is 0.457 e. The topological polar surface area (TPSA) is 53.1 Å². The Kier molecular flexibility index (Phi) is 6.95. The molecule has 0 spiro atoms. The van der Waals surface area contributed by atoms with Crippen molar-refractivity contribution in [2.45, 2.75) is 26.2 Å². The number of fused-ring (bicyclic) bond motifs is 3. The molecule has 0 N–H and O–H groups in total. The van der Waals surface area contributed by atoms with Gasteiger partial charge in [-0.25, -0.2) is 4.68 Å². The monoisotopic (exact) mass is 611 g/mol. The number of nitrogens with zero attached hydrogens (tertiary/aromatic N) is 3. The lowest BCUT2D eigenvalue weighted by Crippen LogP contribution is -2.11. The molecule has 0 saturated carbocycles. The molecular formula is C42H33N3O2. The van der Waals surface area contributed by atoms with Gasteiger partial charge in [-0.2, -0.15) is 5.10 Å². The molecule has 8 aromatic rings. The minimum absolute atomic E-state index is 0.0296. The van der Waals surface area contributed by atoms with Crippen molar-refractivity contribution in [3.63, 3.8) is 0 Å². The predicted molar refractivity (Wildman–Crippen MR) is 190 cm³/mol. The second-order valence-electron chi connectivity index (χ2n) is 12.8. The molecule has 5 nitrogen and oxygen atoms in total. The molecule has 47 heavy (non-hydrogen) atoms. The van der Waals surface area contributed by atoms with E-state index in [0.29, 0.717) is 11.5 Å². The van der Waals surface area contributed by atoms with Crippen molar-refractivity contribution in [1.82, 2.24) is 14.8 Å². The van der Waals surface area contributed by atoms with Crippen molar-refractivity contribution in [3.8, 4) is 50.8 Å². The Morgan fingerprint density at radius 3 is 2.04 bits per heavy atom. The normalized spacial score (nSPS) is 11.7. The fourth-order valence-electron chi connectivity index (χ4n) is 6.13. The van der Waals surface area contributed by atoms with Gasteiger partial charge < -0.3 is 9.15 Å². The number of rotatable bonds is 6. The minimum atomic E-state index is 0.0296. The highest BCUT2D eigenvalue weighted by Crippen LogP contribution is 2.38. The van der Waals surface area contributed by atoms with Gasteiger partial charge in [0.15, 0.2) is 0 Å². The zero-order valence-corrected chi connectivity index (χ0v) is 26.5. The minimum Gasteiger partial charge on any atom is -0.457 e. The molecule has 0 aliphatic carbocycles. The number of para-hydroxylation sites is 1. The Balaban J connectivity index is 1.10. The first kappa shape index (κ1) is 28.5. The van der Waals surface area contributed by atoms with Crippen LogP contribution in [0.5, 0.6) is 11.5 Å². The van der Waals surface area contributed by atoms with E-state index in [4.69, 9.17) is 19.2 Å². The lowest BCUT2D eigenvalue weighted by Gasteiger charge is -2.20. The standard InChI is InChI=1S/C42H33N3O2/c1-42(2,3)28-21-23-43-39(25-28)35-16-7-5-14-33(35)32-13-4-6-15-34(32)38-22-24-45(44-38)29-11-10-12-30(26-29)46-31-19-20-37-36-17-8-9-18-40(36)47-41(37)27-31/h4-27H,1-3H3. The third-order valence-electron chi connectivity index (χ3n) is 8.58. The third kappa shape index (κ3) is 5.46. The quantitative estimate of drug-likeness (QED) is 0.188. The van der Waals surface area contributed by atoms with Crippen LogP contribution in [0.2, 0.25) is 0 Å². The van der Waals surface area contributed by atoms with Crippen molar-refractivity contribution in [1.29, 1.82) is 0 Å². The highest BCUT2D eigenvalue weighted by molar-refractivity contribution is 6.05. The number of hydrogen-bond acceptors (Lipinski definition) is 4. The zero-order valence-electron chi connectivity index (χ0n) is 26.5. The maximum Gasteiger partial charge on any atom is 0.139 e. The van der Waals surface area contributed by atoms with Gasteiger partial charge in [-0.3, -0.25) is 4.98 Å². The van der Waals surface area contributed by atoms with Crippen LogP contribution >= 0.6 is 0 Å². The molecule has 0 unspecified atom stereocenters. The number of aromatic nitrogens is 3. The molecule has 0 amide bonds. The molecule has 0 bridgehead atoms. The van der Waals surface area contributed by atoms with Gasteiger partial charge in [-0.15, -0.1) is 0 Å². The summed E-state index contributed by atoms with van der Waals surface area (Å²) in [6.45, 7) is 6.69. The molecule has 228 valence electrons. The van der Waals surface area contributed by atoms with Crippen LogP contribution in [0.1, 0.15) is 26.3 Å². The summed E-state index contributed by atoms with van der Waals surface area (Å²) in [6.07, 6.45) is 3.90. The van der Waals surface area contributed by atoms with Crippen LogP contribution in [0, 0.1) is 0 Å². The molecule has 0 aliphatic heterocycles. The van der Waals surface area contributed by atoms with E-state index in [0.717, 1.165) is 61.3 Å². The maximum atomic E-state index is 6.29. The third-order valence-corrected chi connectivity index (χ3v) is 8.58. The van der Waals surface area contributed by atoms with Gasteiger partial charge in [0.1, 0.15) is 22.7 Å². The second kappa shape index (κ2) is 11.5. The Labute approximate surface area is 273 Å². The number of furan rings is 1. The lowest BCUT2D eigenvalue weighted by atomic mass is 9.86. The molecule has 0 fully saturated rings. The van der Waals surface area contributed by atoms with Gasteiger partial charge in [-0.05, 0) is 70.6 Å². The first-order valence-corrected chi connectivity index (χ1v) is 15.8. The van der Waals surface area contributed by atoms with Crippen LogP contribution in [0.25, 0.3) is 61.3 Å². The fourth-order valence-corrected chi connectivity index (χ4v) is 6.13. The van der Waals surface area contributed by atoms with Gasteiger partial charge in [0.05, 0.1) is 17.1 Å². The molecule has 0 saturated heterocycles. The van der Waals surface area contributed by atoms with Crippen LogP contribution in [-0.2, 0) is 5.41 Å². The van der Waals surface area contributed by atoms with E-state index in [2.05, 4.69) is 93.6 Å². The summed E-state index contributed by atoms with van der Waals surface area (Å²) in [6, 6.07) is 45.3. The van der Waals surface area contributed by atoms with Gasteiger partial charge in [0.25, 0.3) is 0 Å². The van der Waals surface area contributed by atoms with Crippen molar-refractivity contribution < 1.29 is 9.15 Å². The van der Waals surface area contributed by atoms with Gasteiger partial charge in [0.2, 0.25) is 0 Å². The van der Waals surface area contributed by atoms with Crippen LogP contribution in [0.15, 0.2) is 150 Å². The zero-order chi connectivity index (χ0) is 32.0.